The van der Waals surface area contributed by atoms with Crippen molar-refractivity contribution in [2.24, 2.45) is 0 Å². The Kier molecular flexibility index (Phi) is 2.84. The summed E-state index contributed by atoms with van der Waals surface area (Å²) in [7, 11) is 0. The number of rotatable bonds is 2. The molecule has 0 spiro atoms. The zero-order chi connectivity index (χ0) is 9.80. The second-order valence-corrected chi connectivity index (χ2v) is 3.64. The summed E-state index contributed by atoms with van der Waals surface area (Å²) >= 11 is 3.30. The van der Waals surface area contributed by atoms with Gasteiger partial charge in [0.1, 0.15) is 10.9 Å². The Hall–Kier alpha value is -1.29. The van der Waals surface area contributed by atoms with Crippen LogP contribution in [0.1, 0.15) is 11.4 Å². The van der Waals surface area contributed by atoms with E-state index in [0.717, 1.165) is 22.4 Å². The number of hydrogen-bond donors (Lipinski definition) is 0. The van der Waals surface area contributed by atoms with Crippen molar-refractivity contribution < 1.29 is 0 Å². The molecule has 0 saturated heterocycles. The molecule has 0 aliphatic carbocycles. The first-order valence-corrected chi connectivity index (χ1v) is 5.00. The van der Waals surface area contributed by atoms with Gasteiger partial charge in [-0.05, 0) is 34.1 Å². The zero-order valence-electron chi connectivity index (χ0n) is 7.39. The maximum absolute atomic E-state index is 4.23. The molecule has 3 nitrogen and oxygen atoms in total. The van der Waals surface area contributed by atoms with Gasteiger partial charge in [0.25, 0.3) is 0 Å². The van der Waals surface area contributed by atoms with Gasteiger partial charge in [0.05, 0.1) is 5.69 Å². The molecule has 0 aliphatic rings. The number of pyridine rings is 1. The van der Waals surface area contributed by atoms with E-state index in [2.05, 4.69) is 30.9 Å². The molecule has 0 radical (unpaired) electrons. The van der Waals surface area contributed by atoms with Gasteiger partial charge in [0.2, 0.25) is 0 Å². The quantitative estimate of drug-likeness (QED) is 0.767. The Morgan fingerprint density at radius 1 is 1.07 bits per heavy atom. The molecular formula is C10H8BrN3. The second-order valence-electron chi connectivity index (χ2n) is 2.83. The van der Waals surface area contributed by atoms with Gasteiger partial charge < -0.3 is 0 Å². The van der Waals surface area contributed by atoms with Crippen molar-refractivity contribution in [2.75, 3.05) is 0 Å². The van der Waals surface area contributed by atoms with Crippen LogP contribution in [0.5, 0.6) is 0 Å². The summed E-state index contributed by atoms with van der Waals surface area (Å²) in [5.74, 6) is 0. The highest BCUT2D eigenvalue weighted by Gasteiger charge is 1.98. The van der Waals surface area contributed by atoms with E-state index in [1.54, 1.807) is 12.5 Å². The molecule has 0 bridgehead atoms. The Morgan fingerprint density at radius 3 is 2.71 bits per heavy atom. The van der Waals surface area contributed by atoms with Crippen LogP contribution in [0, 0.1) is 0 Å². The molecule has 0 aromatic carbocycles. The van der Waals surface area contributed by atoms with E-state index in [1.807, 2.05) is 24.3 Å². The summed E-state index contributed by atoms with van der Waals surface area (Å²) in [6, 6.07) is 7.75. The Morgan fingerprint density at radius 2 is 2.00 bits per heavy atom. The van der Waals surface area contributed by atoms with Crippen LogP contribution in [0.2, 0.25) is 0 Å². The van der Waals surface area contributed by atoms with E-state index in [9.17, 15) is 0 Å². The van der Waals surface area contributed by atoms with Crippen LogP contribution in [0.15, 0.2) is 41.4 Å². The predicted molar refractivity (Wildman–Crippen MR) is 56.8 cm³/mol. The first-order chi connectivity index (χ1) is 6.84. The summed E-state index contributed by atoms with van der Waals surface area (Å²) in [6.45, 7) is 0. The largest absolute Gasteiger partial charge is 0.261 e. The number of aromatic nitrogens is 3. The van der Waals surface area contributed by atoms with Crippen molar-refractivity contribution in [2.45, 2.75) is 6.42 Å². The van der Waals surface area contributed by atoms with Gasteiger partial charge in [-0.15, -0.1) is 0 Å². The number of nitrogens with zero attached hydrogens (tertiary/aromatic N) is 3. The topological polar surface area (TPSA) is 38.7 Å². The number of halogens is 1. The molecule has 0 amide bonds. The lowest BCUT2D eigenvalue weighted by molar-refractivity contribution is 0.977. The fourth-order valence-electron chi connectivity index (χ4n) is 1.16. The Balaban J connectivity index is 2.19. The van der Waals surface area contributed by atoms with Crippen molar-refractivity contribution in [3.8, 4) is 0 Å². The van der Waals surface area contributed by atoms with Crippen LogP contribution < -0.4 is 0 Å². The van der Waals surface area contributed by atoms with E-state index < -0.39 is 0 Å². The van der Waals surface area contributed by atoms with E-state index in [1.165, 1.54) is 0 Å². The van der Waals surface area contributed by atoms with Crippen LogP contribution in [-0.4, -0.2) is 15.0 Å². The van der Waals surface area contributed by atoms with Crippen molar-refractivity contribution in [1.82, 2.24) is 15.0 Å². The normalized spacial score (nSPS) is 10.1. The third kappa shape index (κ3) is 2.35. The van der Waals surface area contributed by atoms with E-state index in [0.29, 0.717) is 0 Å². The molecule has 0 aliphatic heterocycles. The Bertz CT molecular complexity index is 417. The molecule has 2 aromatic rings. The van der Waals surface area contributed by atoms with E-state index in [4.69, 9.17) is 0 Å². The van der Waals surface area contributed by atoms with Crippen LogP contribution >= 0.6 is 15.9 Å². The van der Waals surface area contributed by atoms with E-state index >= 15 is 0 Å². The van der Waals surface area contributed by atoms with Crippen LogP contribution in [0.3, 0.4) is 0 Å². The van der Waals surface area contributed by atoms with E-state index in [-0.39, 0.29) is 0 Å². The smallest absolute Gasteiger partial charge is 0.116 e. The third-order valence-corrected chi connectivity index (χ3v) is 2.21. The van der Waals surface area contributed by atoms with Crippen molar-refractivity contribution in [1.29, 1.82) is 0 Å². The summed E-state index contributed by atoms with van der Waals surface area (Å²) in [5.41, 5.74) is 1.98. The number of hydrogen-bond acceptors (Lipinski definition) is 3. The fraction of sp³-hybridized carbons (Fsp3) is 0.100. The van der Waals surface area contributed by atoms with Crippen LogP contribution in [0.4, 0.5) is 0 Å². The molecule has 2 heterocycles. The van der Waals surface area contributed by atoms with Crippen LogP contribution in [-0.2, 0) is 6.42 Å². The second kappa shape index (κ2) is 4.28. The molecule has 2 rings (SSSR count). The highest BCUT2D eigenvalue weighted by Crippen LogP contribution is 2.08. The molecule has 0 unspecified atom stereocenters. The summed E-state index contributed by atoms with van der Waals surface area (Å²) < 4.78 is 0.804. The van der Waals surface area contributed by atoms with Gasteiger partial charge in [0, 0.05) is 18.3 Å². The molecule has 0 saturated carbocycles. The molecule has 4 heteroatoms. The molecule has 0 fully saturated rings. The summed E-state index contributed by atoms with van der Waals surface area (Å²) in [6.07, 6.45) is 4.07. The maximum atomic E-state index is 4.23. The highest BCUT2D eigenvalue weighted by molar-refractivity contribution is 9.10. The molecule has 70 valence electrons. The first-order valence-electron chi connectivity index (χ1n) is 4.21. The van der Waals surface area contributed by atoms with Gasteiger partial charge in [-0.1, -0.05) is 6.07 Å². The van der Waals surface area contributed by atoms with Crippen molar-refractivity contribution in [3.63, 3.8) is 0 Å². The lowest BCUT2D eigenvalue weighted by atomic mass is 10.2. The lowest BCUT2D eigenvalue weighted by Gasteiger charge is -1.99. The molecular weight excluding hydrogens is 242 g/mol. The van der Waals surface area contributed by atoms with Crippen LogP contribution in [0.25, 0.3) is 0 Å². The standard InChI is InChI=1S/C10H8BrN3/c11-10-6-9(13-7-14-10)5-8-3-1-2-4-12-8/h1-4,6-7H,5H2. The SMILES string of the molecule is Brc1cc(Cc2ccccn2)ncn1. The average Bonchev–Trinajstić information content (AvgIpc) is 2.19. The maximum Gasteiger partial charge on any atom is 0.116 e. The average molecular weight is 250 g/mol. The summed E-state index contributed by atoms with van der Waals surface area (Å²) in [5, 5.41) is 0. The molecule has 2 aromatic heterocycles. The van der Waals surface area contributed by atoms with Gasteiger partial charge in [0.15, 0.2) is 0 Å². The third-order valence-electron chi connectivity index (χ3n) is 1.78. The Labute approximate surface area is 90.4 Å². The molecule has 0 atom stereocenters. The fourth-order valence-corrected chi connectivity index (χ4v) is 1.51. The lowest BCUT2D eigenvalue weighted by Crippen LogP contribution is -1.94. The molecule has 0 N–H and O–H groups in total. The van der Waals surface area contributed by atoms with Gasteiger partial charge in [-0.3, -0.25) is 4.98 Å². The van der Waals surface area contributed by atoms with Crippen molar-refractivity contribution in [3.05, 3.63) is 52.8 Å². The highest BCUT2D eigenvalue weighted by atomic mass is 79.9. The van der Waals surface area contributed by atoms with Crippen molar-refractivity contribution >= 4 is 15.9 Å². The van der Waals surface area contributed by atoms with Gasteiger partial charge >= 0.3 is 0 Å². The minimum Gasteiger partial charge on any atom is -0.261 e. The monoisotopic (exact) mass is 249 g/mol. The first kappa shape index (κ1) is 9.27. The predicted octanol–water partition coefficient (Wildman–Crippen LogP) is 2.22. The van der Waals surface area contributed by atoms with Gasteiger partial charge in [-0.2, -0.15) is 0 Å². The zero-order valence-corrected chi connectivity index (χ0v) is 8.98. The molecule has 14 heavy (non-hydrogen) atoms. The minimum absolute atomic E-state index is 0.738. The summed E-state index contributed by atoms with van der Waals surface area (Å²) in [4.78, 5) is 12.3. The minimum atomic E-state index is 0.738. The van der Waals surface area contributed by atoms with Gasteiger partial charge in [-0.25, -0.2) is 9.97 Å².